The Hall–Kier alpha value is -0.770. The third kappa shape index (κ3) is 5.65. The molecule has 2 aliphatic heterocycles. The van der Waals surface area contributed by atoms with E-state index in [1.807, 2.05) is 0 Å². The lowest BCUT2D eigenvalue weighted by molar-refractivity contribution is 0.0341. The third-order valence-electron chi connectivity index (χ3n) is 5.86. The van der Waals surface area contributed by atoms with Crippen LogP contribution in [0, 0.1) is 0 Å². The van der Waals surface area contributed by atoms with Crippen LogP contribution in [-0.2, 0) is 0 Å². The second kappa shape index (κ2) is 9.65. The summed E-state index contributed by atoms with van der Waals surface area (Å²) in [4.78, 5) is 17.3. The van der Waals surface area contributed by atoms with Gasteiger partial charge in [-0.15, -0.1) is 0 Å². The molecule has 2 fully saturated rings. The Labute approximate surface area is 149 Å². The Balaban J connectivity index is 1.74. The summed E-state index contributed by atoms with van der Waals surface area (Å²) in [5.74, 6) is 0. The molecule has 0 bridgehead atoms. The van der Waals surface area contributed by atoms with E-state index in [2.05, 4.69) is 35.9 Å². The molecule has 4 heteroatoms. The average molecular weight is 338 g/mol. The van der Waals surface area contributed by atoms with Gasteiger partial charge in [0.2, 0.25) is 0 Å². The topological polar surface area (TPSA) is 35.6 Å². The zero-order valence-corrected chi connectivity index (χ0v) is 16.3. The molecule has 2 rings (SSSR count). The summed E-state index contributed by atoms with van der Waals surface area (Å²) in [6.07, 6.45) is 12.5. The van der Waals surface area contributed by atoms with Gasteiger partial charge in [-0.2, -0.15) is 0 Å². The van der Waals surface area contributed by atoms with E-state index in [1.54, 1.807) is 0 Å². The lowest BCUT2D eigenvalue weighted by Gasteiger charge is -2.49. The molecule has 140 valence electrons. The monoisotopic (exact) mass is 337 g/mol. The number of amides is 2. The Kier molecular flexibility index (Phi) is 7.86. The summed E-state index contributed by atoms with van der Waals surface area (Å²) in [6, 6.07) is 0.811. The van der Waals surface area contributed by atoms with Gasteiger partial charge >= 0.3 is 6.03 Å². The molecule has 2 saturated heterocycles. The third-order valence-corrected chi connectivity index (χ3v) is 5.86. The fourth-order valence-electron chi connectivity index (χ4n) is 4.36. The number of nitrogens with zero attached hydrogens (tertiary/aromatic N) is 2. The van der Waals surface area contributed by atoms with Crippen molar-refractivity contribution in [2.45, 2.75) is 96.6 Å². The van der Waals surface area contributed by atoms with Crippen LogP contribution in [-0.4, -0.2) is 53.6 Å². The molecule has 0 radical (unpaired) electrons. The summed E-state index contributed by atoms with van der Waals surface area (Å²) < 4.78 is 0. The highest BCUT2D eigenvalue weighted by molar-refractivity contribution is 5.75. The lowest BCUT2D eigenvalue weighted by Crippen LogP contribution is -2.60. The number of rotatable bonds is 7. The lowest BCUT2D eigenvalue weighted by atomic mass is 9.85. The minimum atomic E-state index is -0.0351. The molecular formula is C20H39N3O. The maximum atomic E-state index is 12.6. The normalized spacial score (nSPS) is 24.8. The Morgan fingerprint density at radius 2 is 1.75 bits per heavy atom. The second-order valence-electron chi connectivity index (χ2n) is 8.35. The van der Waals surface area contributed by atoms with Gasteiger partial charge in [-0.05, 0) is 59.0 Å². The van der Waals surface area contributed by atoms with Crippen molar-refractivity contribution in [3.8, 4) is 0 Å². The largest absolute Gasteiger partial charge is 0.338 e. The molecule has 1 N–H and O–H groups in total. The molecule has 2 heterocycles. The van der Waals surface area contributed by atoms with Gasteiger partial charge < -0.3 is 15.1 Å². The first kappa shape index (κ1) is 19.6. The SMILES string of the molecule is CCCCCCCNC(=O)N1CCC(N2CCCCC2)CC1(C)C. The van der Waals surface area contributed by atoms with Crippen molar-refractivity contribution < 1.29 is 4.79 Å². The molecular weight excluding hydrogens is 298 g/mol. The van der Waals surface area contributed by atoms with Crippen molar-refractivity contribution in [1.82, 2.24) is 15.1 Å². The van der Waals surface area contributed by atoms with Crippen LogP contribution < -0.4 is 5.32 Å². The van der Waals surface area contributed by atoms with Crippen LogP contribution in [0.15, 0.2) is 0 Å². The maximum Gasteiger partial charge on any atom is 0.317 e. The molecule has 0 aromatic rings. The number of carbonyl (C=O) groups is 1. The van der Waals surface area contributed by atoms with E-state index in [0.29, 0.717) is 6.04 Å². The number of unbranched alkanes of at least 4 members (excludes halogenated alkanes) is 4. The van der Waals surface area contributed by atoms with E-state index >= 15 is 0 Å². The molecule has 24 heavy (non-hydrogen) atoms. The Morgan fingerprint density at radius 1 is 1.04 bits per heavy atom. The number of piperidine rings is 2. The highest BCUT2D eigenvalue weighted by Crippen LogP contribution is 2.31. The summed E-state index contributed by atoms with van der Waals surface area (Å²) in [5.41, 5.74) is -0.0351. The number of likely N-dealkylation sites (tertiary alicyclic amines) is 2. The van der Waals surface area contributed by atoms with Crippen molar-refractivity contribution in [3.05, 3.63) is 0 Å². The minimum Gasteiger partial charge on any atom is -0.338 e. The summed E-state index contributed by atoms with van der Waals surface area (Å²) >= 11 is 0. The molecule has 0 aromatic carbocycles. The molecule has 1 atom stereocenters. The van der Waals surface area contributed by atoms with Crippen LogP contribution in [0.5, 0.6) is 0 Å². The summed E-state index contributed by atoms with van der Waals surface area (Å²) in [6.45, 7) is 10.9. The van der Waals surface area contributed by atoms with Gasteiger partial charge in [0.05, 0.1) is 0 Å². The van der Waals surface area contributed by atoms with Crippen LogP contribution in [0.4, 0.5) is 4.79 Å². The fraction of sp³-hybridized carbons (Fsp3) is 0.950. The molecule has 0 spiro atoms. The second-order valence-corrected chi connectivity index (χ2v) is 8.35. The first-order valence-electron chi connectivity index (χ1n) is 10.3. The van der Waals surface area contributed by atoms with Crippen molar-refractivity contribution in [3.63, 3.8) is 0 Å². The molecule has 2 aliphatic rings. The molecule has 1 unspecified atom stereocenters. The number of nitrogens with one attached hydrogen (secondary N) is 1. The molecule has 0 saturated carbocycles. The van der Waals surface area contributed by atoms with Crippen molar-refractivity contribution in [2.24, 2.45) is 0 Å². The number of carbonyl (C=O) groups excluding carboxylic acids is 1. The van der Waals surface area contributed by atoms with Crippen LogP contribution in [0.3, 0.4) is 0 Å². The van der Waals surface area contributed by atoms with Crippen molar-refractivity contribution >= 4 is 6.03 Å². The van der Waals surface area contributed by atoms with Gasteiger partial charge in [0.25, 0.3) is 0 Å². The quantitative estimate of drug-likeness (QED) is 0.699. The maximum absolute atomic E-state index is 12.6. The van der Waals surface area contributed by atoms with Gasteiger partial charge in [-0.3, -0.25) is 0 Å². The van der Waals surface area contributed by atoms with Gasteiger partial charge in [-0.25, -0.2) is 4.79 Å². The standard InChI is InChI=1S/C20H39N3O/c1-4-5-6-7-9-13-21-19(24)23-16-12-18(17-20(23,2)3)22-14-10-8-11-15-22/h18H,4-17H2,1-3H3,(H,21,24). The predicted octanol–water partition coefficient (Wildman–Crippen LogP) is 4.40. The smallest absolute Gasteiger partial charge is 0.317 e. The first-order valence-corrected chi connectivity index (χ1v) is 10.3. The van der Waals surface area contributed by atoms with Crippen molar-refractivity contribution in [2.75, 3.05) is 26.2 Å². The molecule has 4 nitrogen and oxygen atoms in total. The van der Waals surface area contributed by atoms with E-state index in [0.717, 1.165) is 32.4 Å². The van der Waals surface area contributed by atoms with Crippen LogP contribution in [0.1, 0.15) is 85.0 Å². The summed E-state index contributed by atoms with van der Waals surface area (Å²) in [7, 11) is 0. The van der Waals surface area contributed by atoms with Crippen LogP contribution >= 0.6 is 0 Å². The molecule has 2 amide bonds. The van der Waals surface area contributed by atoms with Gasteiger partial charge in [0, 0.05) is 24.7 Å². The zero-order valence-electron chi connectivity index (χ0n) is 16.3. The van der Waals surface area contributed by atoms with E-state index < -0.39 is 0 Å². The zero-order chi connectivity index (χ0) is 17.4. The fourth-order valence-corrected chi connectivity index (χ4v) is 4.36. The van der Waals surface area contributed by atoms with Gasteiger partial charge in [0.15, 0.2) is 0 Å². The van der Waals surface area contributed by atoms with Gasteiger partial charge in [-0.1, -0.05) is 39.0 Å². The van der Waals surface area contributed by atoms with E-state index in [9.17, 15) is 4.79 Å². The molecule has 0 aliphatic carbocycles. The van der Waals surface area contributed by atoms with Crippen LogP contribution in [0.25, 0.3) is 0 Å². The molecule has 0 aromatic heterocycles. The highest BCUT2D eigenvalue weighted by Gasteiger charge is 2.39. The first-order chi connectivity index (χ1) is 11.5. The Morgan fingerprint density at radius 3 is 2.42 bits per heavy atom. The van der Waals surface area contributed by atoms with Gasteiger partial charge in [0.1, 0.15) is 0 Å². The average Bonchev–Trinajstić information content (AvgIpc) is 2.57. The van der Waals surface area contributed by atoms with Crippen LogP contribution in [0.2, 0.25) is 0 Å². The predicted molar refractivity (Wildman–Crippen MR) is 101 cm³/mol. The van der Waals surface area contributed by atoms with Crippen molar-refractivity contribution in [1.29, 1.82) is 0 Å². The van der Waals surface area contributed by atoms with E-state index in [-0.39, 0.29) is 11.6 Å². The minimum absolute atomic E-state index is 0.0351. The number of urea groups is 1. The number of hydrogen-bond acceptors (Lipinski definition) is 2. The highest BCUT2D eigenvalue weighted by atomic mass is 16.2. The van der Waals surface area contributed by atoms with E-state index in [1.165, 1.54) is 58.0 Å². The van der Waals surface area contributed by atoms with E-state index in [4.69, 9.17) is 0 Å². The number of hydrogen-bond donors (Lipinski definition) is 1. The Bertz CT molecular complexity index is 377. The summed E-state index contributed by atoms with van der Waals surface area (Å²) in [5, 5.41) is 3.15.